The minimum absolute atomic E-state index is 0.432. The molecule has 3 rings (SSSR count). The van der Waals surface area contributed by atoms with Crippen molar-refractivity contribution in [2.75, 3.05) is 18.4 Å². The van der Waals surface area contributed by atoms with E-state index in [1.165, 1.54) is 33.4 Å². The number of fused-ring (bicyclic) bond motifs is 1. The summed E-state index contributed by atoms with van der Waals surface area (Å²) in [6, 6.07) is 7.04. The first-order chi connectivity index (χ1) is 15.9. The number of allylic oxidation sites excluding steroid dienone is 5. The minimum atomic E-state index is 0.432. The zero-order valence-corrected chi connectivity index (χ0v) is 20.8. The molecule has 0 fully saturated rings. The molecule has 0 bridgehead atoms. The third-order valence-corrected chi connectivity index (χ3v) is 6.71. The van der Waals surface area contributed by atoms with Crippen molar-refractivity contribution in [1.82, 2.24) is 10.6 Å². The number of nitrogens with one attached hydrogen (secondary N) is 3. The van der Waals surface area contributed by atoms with Crippen molar-refractivity contribution in [3.05, 3.63) is 95.4 Å². The van der Waals surface area contributed by atoms with Crippen LogP contribution in [0.4, 0.5) is 5.69 Å². The van der Waals surface area contributed by atoms with E-state index in [9.17, 15) is 0 Å². The maximum absolute atomic E-state index is 4.35. The van der Waals surface area contributed by atoms with Gasteiger partial charge in [-0.2, -0.15) is 0 Å². The molecule has 2 unspecified atom stereocenters. The van der Waals surface area contributed by atoms with Crippen LogP contribution in [0.5, 0.6) is 0 Å². The number of anilines is 1. The van der Waals surface area contributed by atoms with Crippen LogP contribution in [0, 0.1) is 12.8 Å². The van der Waals surface area contributed by atoms with Crippen LogP contribution in [0.3, 0.4) is 0 Å². The Labute approximate surface area is 201 Å². The lowest BCUT2D eigenvalue weighted by atomic mass is 9.86. The first-order valence-corrected chi connectivity index (χ1v) is 12.3. The van der Waals surface area contributed by atoms with Gasteiger partial charge in [0.15, 0.2) is 0 Å². The van der Waals surface area contributed by atoms with Gasteiger partial charge in [-0.15, -0.1) is 0 Å². The Balaban J connectivity index is 1.60. The van der Waals surface area contributed by atoms with Gasteiger partial charge in [-0.05, 0) is 106 Å². The van der Waals surface area contributed by atoms with E-state index in [1.807, 2.05) is 0 Å². The molecule has 2 atom stereocenters. The summed E-state index contributed by atoms with van der Waals surface area (Å²) in [5, 5.41) is 10.6. The predicted molar refractivity (Wildman–Crippen MR) is 145 cm³/mol. The fraction of sp³-hybridized carbons (Fsp3) is 0.400. The summed E-state index contributed by atoms with van der Waals surface area (Å²) < 4.78 is 0. The van der Waals surface area contributed by atoms with Gasteiger partial charge in [0.2, 0.25) is 0 Å². The standard InChI is InChI=1S/C30H41N3/c1-7-31-16-14-27(29-20-28-11-8-22(4)18-30(28)33-24(29)6)15-17-32-23(5)19-25-9-12-26(13-10-25)21(2)3/h7-9,11-12,18,20,23,27,31-33H,1-2,6,10,13-17,19H2,3-5H3. The summed E-state index contributed by atoms with van der Waals surface area (Å²) in [4.78, 5) is 0. The SMILES string of the molecule is C=CNCCC(CCNC(C)CC1=CC=C(C(=C)C)CC1)C1=Cc2ccc(C)cc2NC1=C. The molecule has 33 heavy (non-hydrogen) atoms. The van der Waals surface area contributed by atoms with Gasteiger partial charge >= 0.3 is 0 Å². The summed E-state index contributed by atoms with van der Waals surface area (Å²) in [6.45, 7) is 20.7. The number of benzene rings is 1. The molecule has 0 saturated carbocycles. The molecule has 1 aromatic carbocycles. The molecular weight excluding hydrogens is 402 g/mol. The first kappa shape index (κ1) is 24.9. The lowest BCUT2D eigenvalue weighted by molar-refractivity contribution is 0.457. The molecule has 0 aromatic heterocycles. The van der Waals surface area contributed by atoms with Crippen molar-refractivity contribution >= 4 is 11.8 Å². The highest BCUT2D eigenvalue weighted by molar-refractivity contribution is 5.78. The van der Waals surface area contributed by atoms with Crippen LogP contribution >= 0.6 is 0 Å². The highest BCUT2D eigenvalue weighted by Crippen LogP contribution is 2.35. The fourth-order valence-electron chi connectivity index (χ4n) is 4.75. The van der Waals surface area contributed by atoms with Crippen LogP contribution in [0.25, 0.3) is 6.08 Å². The second-order valence-electron chi connectivity index (χ2n) is 9.58. The van der Waals surface area contributed by atoms with E-state index >= 15 is 0 Å². The van der Waals surface area contributed by atoms with Crippen LogP contribution in [0.15, 0.2) is 84.3 Å². The largest absolute Gasteiger partial charge is 0.391 e. The first-order valence-electron chi connectivity index (χ1n) is 12.3. The van der Waals surface area contributed by atoms with Gasteiger partial charge in [0.05, 0.1) is 0 Å². The zero-order chi connectivity index (χ0) is 23.8. The van der Waals surface area contributed by atoms with E-state index in [-0.39, 0.29) is 0 Å². The molecule has 2 aliphatic rings. The van der Waals surface area contributed by atoms with E-state index in [2.05, 4.69) is 92.9 Å². The van der Waals surface area contributed by atoms with E-state index in [4.69, 9.17) is 0 Å². The second-order valence-corrected chi connectivity index (χ2v) is 9.58. The molecule has 3 N–H and O–H groups in total. The zero-order valence-electron chi connectivity index (χ0n) is 20.8. The molecular formula is C30H41N3. The number of rotatable bonds is 12. The Morgan fingerprint density at radius 2 is 1.97 bits per heavy atom. The predicted octanol–water partition coefficient (Wildman–Crippen LogP) is 7.04. The van der Waals surface area contributed by atoms with Crippen molar-refractivity contribution in [2.24, 2.45) is 5.92 Å². The highest BCUT2D eigenvalue weighted by atomic mass is 14.9. The van der Waals surface area contributed by atoms with Crippen LogP contribution in [-0.4, -0.2) is 19.1 Å². The second kappa shape index (κ2) is 11.9. The Hall–Kier alpha value is -2.78. The molecule has 176 valence electrons. The lowest BCUT2D eigenvalue weighted by Crippen LogP contribution is -2.30. The third-order valence-electron chi connectivity index (χ3n) is 6.71. The van der Waals surface area contributed by atoms with Gasteiger partial charge in [-0.1, -0.05) is 55.2 Å². The maximum atomic E-state index is 4.35. The van der Waals surface area contributed by atoms with Crippen molar-refractivity contribution in [3.8, 4) is 0 Å². The van der Waals surface area contributed by atoms with Gasteiger partial charge in [-0.25, -0.2) is 0 Å². The molecule has 1 heterocycles. The number of aryl methyl sites for hydroxylation is 1. The molecule has 1 aliphatic carbocycles. The summed E-state index contributed by atoms with van der Waals surface area (Å²) in [5.41, 5.74) is 10.1. The Morgan fingerprint density at radius 1 is 1.18 bits per heavy atom. The van der Waals surface area contributed by atoms with Crippen molar-refractivity contribution in [1.29, 1.82) is 0 Å². The van der Waals surface area contributed by atoms with E-state index < -0.39 is 0 Å². The number of hydrogen-bond donors (Lipinski definition) is 3. The van der Waals surface area contributed by atoms with Gasteiger partial charge in [-0.3, -0.25) is 0 Å². The molecule has 0 radical (unpaired) electrons. The lowest BCUT2D eigenvalue weighted by Gasteiger charge is -2.28. The van der Waals surface area contributed by atoms with Crippen molar-refractivity contribution in [3.63, 3.8) is 0 Å². The summed E-state index contributed by atoms with van der Waals surface area (Å²) >= 11 is 0. The molecule has 0 amide bonds. The van der Waals surface area contributed by atoms with Crippen molar-refractivity contribution in [2.45, 2.75) is 58.9 Å². The summed E-state index contributed by atoms with van der Waals surface area (Å²) in [7, 11) is 0. The van der Waals surface area contributed by atoms with E-state index in [0.717, 1.165) is 56.6 Å². The molecule has 1 aliphatic heterocycles. The summed E-state index contributed by atoms with van der Waals surface area (Å²) in [6.07, 6.45) is 14.2. The van der Waals surface area contributed by atoms with Gasteiger partial charge in [0.25, 0.3) is 0 Å². The van der Waals surface area contributed by atoms with Crippen LogP contribution in [0.2, 0.25) is 0 Å². The van der Waals surface area contributed by atoms with Gasteiger partial charge < -0.3 is 16.0 Å². The van der Waals surface area contributed by atoms with E-state index in [0.29, 0.717) is 12.0 Å². The average molecular weight is 444 g/mol. The van der Waals surface area contributed by atoms with Crippen LogP contribution < -0.4 is 16.0 Å². The van der Waals surface area contributed by atoms with Crippen LogP contribution in [-0.2, 0) is 0 Å². The van der Waals surface area contributed by atoms with E-state index in [1.54, 1.807) is 6.20 Å². The van der Waals surface area contributed by atoms with Crippen LogP contribution in [0.1, 0.15) is 57.1 Å². The maximum Gasteiger partial charge on any atom is 0.0460 e. The molecule has 0 saturated heterocycles. The Kier molecular flexibility index (Phi) is 8.96. The Bertz CT molecular complexity index is 976. The molecule has 3 nitrogen and oxygen atoms in total. The highest BCUT2D eigenvalue weighted by Gasteiger charge is 2.21. The fourth-order valence-corrected chi connectivity index (χ4v) is 4.75. The third kappa shape index (κ3) is 7.10. The minimum Gasteiger partial charge on any atom is -0.391 e. The monoisotopic (exact) mass is 443 g/mol. The Morgan fingerprint density at radius 3 is 2.67 bits per heavy atom. The van der Waals surface area contributed by atoms with Crippen molar-refractivity contribution < 1.29 is 0 Å². The smallest absolute Gasteiger partial charge is 0.0460 e. The molecule has 3 heteroatoms. The normalized spacial score (nSPS) is 17.1. The molecule has 0 spiro atoms. The average Bonchev–Trinajstić information content (AvgIpc) is 2.78. The number of hydrogen-bond acceptors (Lipinski definition) is 3. The molecule has 1 aromatic rings. The summed E-state index contributed by atoms with van der Waals surface area (Å²) in [5.74, 6) is 0.432. The quantitative estimate of drug-likeness (QED) is 0.303. The topological polar surface area (TPSA) is 36.1 Å². The van der Waals surface area contributed by atoms with Gasteiger partial charge in [0, 0.05) is 24.0 Å². The van der Waals surface area contributed by atoms with Gasteiger partial charge in [0.1, 0.15) is 0 Å².